The summed E-state index contributed by atoms with van der Waals surface area (Å²) in [5.41, 5.74) is 3.30. The van der Waals surface area contributed by atoms with E-state index < -0.39 is 17.7 Å². The minimum atomic E-state index is -1.02. The first-order valence-corrected chi connectivity index (χ1v) is 9.01. The largest absolute Gasteiger partial charge is 0.478 e. The van der Waals surface area contributed by atoms with Crippen molar-refractivity contribution in [2.24, 2.45) is 0 Å². The summed E-state index contributed by atoms with van der Waals surface area (Å²) in [5, 5.41) is 21.2. The average Bonchev–Trinajstić information content (AvgIpc) is 3.00. The minimum Gasteiger partial charge on any atom is -0.478 e. The molecule has 2 N–H and O–H groups in total. The number of aromatic carboxylic acids is 1. The second kappa shape index (κ2) is 8.45. The zero-order valence-electron chi connectivity index (χ0n) is 16.3. The van der Waals surface area contributed by atoms with Gasteiger partial charge in [-0.1, -0.05) is 6.07 Å². The van der Waals surface area contributed by atoms with Crippen molar-refractivity contribution in [3.8, 4) is 11.8 Å². The third-order valence-electron chi connectivity index (χ3n) is 4.59. The fraction of sp³-hybridized carbons (Fsp3) is 0.0870. The molecule has 1 amide bonds. The molecule has 7 heteroatoms. The Morgan fingerprint density at radius 2 is 1.83 bits per heavy atom. The number of hydrogen-bond donors (Lipinski definition) is 2. The van der Waals surface area contributed by atoms with Gasteiger partial charge in [-0.2, -0.15) is 5.26 Å². The number of rotatable bonds is 5. The van der Waals surface area contributed by atoms with Crippen LogP contribution < -0.4 is 5.32 Å². The van der Waals surface area contributed by atoms with Crippen LogP contribution >= 0.6 is 0 Å². The van der Waals surface area contributed by atoms with Gasteiger partial charge in [-0.05, 0) is 74.0 Å². The summed E-state index contributed by atoms with van der Waals surface area (Å²) in [7, 11) is 0. The summed E-state index contributed by atoms with van der Waals surface area (Å²) in [5.74, 6) is -2.06. The number of halogens is 1. The lowest BCUT2D eigenvalue weighted by molar-refractivity contribution is -0.112. The fourth-order valence-corrected chi connectivity index (χ4v) is 3.14. The molecule has 0 saturated heterocycles. The monoisotopic (exact) mass is 403 g/mol. The maximum atomic E-state index is 13.0. The van der Waals surface area contributed by atoms with E-state index in [4.69, 9.17) is 0 Å². The van der Waals surface area contributed by atoms with E-state index >= 15 is 0 Å². The Labute approximate surface area is 172 Å². The summed E-state index contributed by atoms with van der Waals surface area (Å²) in [4.78, 5) is 23.7. The number of carbonyl (C=O) groups excluding carboxylic acids is 1. The highest BCUT2D eigenvalue weighted by molar-refractivity contribution is 6.09. The number of nitrogens with zero attached hydrogens (tertiary/aromatic N) is 2. The van der Waals surface area contributed by atoms with Gasteiger partial charge in [0.2, 0.25) is 0 Å². The van der Waals surface area contributed by atoms with E-state index in [9.17, 15) is 24.3 Å². The van der Waals surface area contributed by atoms with Crippen LogP contribution in [0.5, 0.6) is 0 Å². The number of aromatic nitrogens is 1. The van der Waals surface area contributed by atoms with Crippen molar-refractivity contribution < 1.29 is 19.1 Å². The number of carboxylic acid groups (broad SMARTS) is 1. The zero-order valence-corrected chi connectivity index (χ0v) is 16.3. The third kappa shape index (κ3) is 4.28. The molecule has 2 aromatic carbocycles. The van der Waals surface area contributed by atoms with Crippen molar-refractivity contribution in [3.05, 3.63) is 88.5 Å². The number of hydrogen-bond acceptors (Lipinski definition) is 3. The normalized spacial score (nSPS) is 11.1. The van der Waals surface area contributed by atoms with E-state index in [1.807, 2.05) is 30.6 Å². The molecule has 0 aliphatic heterocycles. The fourth-order valence-electron chi connectivity index (χ4n) is 3.14. The molecule has 30 heavy (non-hydrogen) atoms. The second-order valence-corrected chi connectivity index (χ2v) is 6.65. The van der Waals surface area contributed by atoms with Gasteiger partial charge in [-0.3, -0.25) is 4.79 Å². The lowest BCUT2D eigenvalue weighted by Crippen LogP contribution is -2.13. The van der Waals surface area contributed by atoms with E-state index in [1.54, 1.807) is 18.2 Å². The molecule has 1 aromatic heterocycles. The maximum Gasteiger partial charge on any atom is 0.335 e. The van der Waals surface area contributed by atoms with Crippen LogP contribution in [0.4, 0.5) is 10.1 Å². The number of carbonyl (C=O) groups is 2. The van der Waals surface area contributed by atoms with Crippen LogP contribution in [0.1, 0.15) is 27.3 Å². The number of carboxylic acids is 1. The summed E-state index contributed by atoms with van der Waals surface area (Å²) in [6, 6.07) is 15.4. The predicted octanol–water partition coefficient (Wildman–Crippen LogP) is 4.48. The average molecular weight is 403 g/mol. The van der Waals surface area contributed by atoms with Gasteiger partial charge < -0.3 is 15.0 Å². The molecule has 0 aliphatic carbocycles. The number of nitrogens with one attached hydrogen (secondary N) is 1. The minimum absolute atomic E-state index is 0.112. The Morgan fingerprint density at radius 1 is 1.13 bits per heavy atom. The summed E-state index contributed by atoms with van der Waals surface area (Å²) in [6.07, 6.45) is 1.47. The van der Waals surface area contributed by atoms with E-state index in [2.05, 4.69) is 5.32 Å². The molecule has 0 spiro atoms. The molecular formula is C23H18FN3O3. The maximum absolute atomic E-state index is 13.0. The standard InChI is InChI=1S/C23H18FN3O3/c1-14-10-17(15(2)27(14)21-5-3-4-16(12-21)23(29)30)11-18(13-25)22(28)26-20-8-6-19(24)7-9-20/h3-12H,1-2H3,(H,26,28)(H,29,30). The quantitative estimate of drug-likeness (QED) is 0.485. The Balaban J connectivity index is 1.94. The van der Waals surface area contributed by atoms with Crippen LogP contribution in [0.15, 0.2) is 60.2 Å². The van der Waals surface area contributed by atoms with Crippen molar-refractivity contribution in [1.82, 2.24) is 4.57 Å². The molecule has 0 fully saturated rings. The van der Waals surface area contributed by atoms with Gasteiger partial charge in [0.05, 0.1) is 5.56 Å². The highest BCUT2D eigenvalue weighted by Gasteiger charge is 2.15. The summed E-state index contributed by atoms with van der Waals surface area (Å²) in [6.45, 7) is 3.67. The van der Waals surface area contributed by atoms with Gasteiger partial charge in [-0.15, -0.1) is 0 Å². The first kappa shape index (κ1) is 20.6. The van der Waals surface area contributed by atoms with E-state index in [0.29, 0.717) is 16.9 Å². The summed E-state index contributed by atoms with van der Waals surface area (Å²) < 4.78 is 14.9. The van der Waals surface area contributed by atoms with Crippen LogP contribution in [0.2, 0.25) is 0 Å². The molecule has 3 rings (SSSR count). The van der Waals surface area contributed by atoms with Gasteiger partial charge in [0, 0.05) is 22.8 Å². The van der Waals surface area contributed by atoms with Crippen LogP contribution in [0.25, 0.3) is 11.8 Å². The van der Waals surface area contributed by atoms with Gasteiger partial charge in [-0.25, -0.2) is 9.18 Å². The van der Waals surface area contributed by atoms with Gasteiger partial charge in [0.25, 0.3) is 5.91 Å². The van der Waals surface area contributed by atoms with Crippen molar-refractivity contribution in [2.75, 3.05) is 5.32 Å². The Hall–Kier alpha value is -4.18. The Bertz CT molecular complexity index is 1200. The number of amides is 1. The molecule has 3 aromatic rings. The molecule has 0 saturated carbocycles. The number of nitriles is 1. The molecule has 0 atom stereocenters. The molecule has 0 bridgehead atoms. The topological polar surface area (TPSA) is 95.1 Å². The number of anilines is 1. The lowest BCUT2D eigenvalue weighted by atomic mass is 10.1. The molecule has 0 radical (unpaired) electrons. The zero-order chi connectivity index (χ0) is 21.8. The van der Waals surface area contributed by atoms with Crippen LogP contribution in [0.3, 0.4) is 0 Å². The third-order valence-corrected chi connectivity index (χ3v) is 4.59. The molecule has 0 unspecified atom stereocenters. The van der Waals surface area contributed by atoms with Crippen molar-refractivity contribution in [1.29, 1.82) is 5.26 Å². The van der Waals surface area contributed by atoms with Crippen LogP contribution in [-0.4, -0.2) is 21.6 Å². The number of aryl methyl sites for hydroxylation is 1. The lowest BCUT2D eigenvalue weighted by Gasteiger charge is -2.10. The highest BCUT2D eigenvalue weighted by atomic mass is 19.1. The Morgan fingerprint density at radius 3 is 2.47 bits per heavy atom. The van der Waals surface area contributed by atoms with E-state index in [0.717, 1.165) is 11.4 Å². The Kier molecular flexibility index (Phi) is 5.79. The molecule has 150 valence electrons. The first-order valence-electron chi connectivity index (χ1n) is 9.01. The van der Waals surface area contributed by atoms with Crippen LogP contribution in [0, 0.1) is 31.0 Å². The second-order valence-electron chi connectivity index (χ2n) is 6.65. The summed E-state index contributed by atoms with van der Waals surface area (Å²) >= 11 is 0. The SMILES string of the molecule is Cc1cc(C=C(C#N)C(=O)Nc2ccc(F)cc2)c(C)n1-c1cccc(C(=O)O)c1. The van der Waals surface area contributed by atoms with Crippen molar-refractivity contribution in [3.63, 3.8) is 0 Å². The van der Waals surface area contributed by atoms with E-state index in [-0.39, 0.29) is 11.1 Å². The number of benzene rings is 2. The molecule has 0 aliphatic rings. The van der Waals surface area contributed by atoms with Gasteiger partial charge in [0.15, 0.2) is 0 Å². The molecule has 1 heterocycles. The predicted molar refractivity (Wildman–Crippen MR) is 111 cm³/mol. The van der Waals surface area contributed by atoms with E-state index in [1.165, 1.54) is 36.4 Å². The van der Waals surface area contributed by atoms with Crippen molar-refractivity contribution >= 4 is 23.6 Å². The smallest absolute Gasteiger partial charge is 0.335 e. The first-order chi connectivity index (χ1) is 14.3. The van der Waals surface area contributed by atoms with Gasteiger partial charge >= 0.3 is 5.97 Å². The molecular weight excluding hydrogens is 385 g/mol. The van der Waals surface area contributed by atoms with Gasteiger partial charge in [0.1, 0.15) is 17.5 Å². The van der Waals surface area contributed by atoms with Crippen molar-refractivity contribution in [2.45, 2.75) is 13.8 Å². The molecule has 6 nitrogen and oxygen atoms in total. The van der Waals surface area contributed by atoms with Crippen LogP contribution in [-0.2, 0) is 4.79 Å². The highest BCUT2D eigenvalue weighted by Crippen LogP contribution is 2.24.